The maximum atomic E-state index is 12.9. The maximum absolute atomic E-state index is 12.9. The number of nitrogens with zero attached hydrogens (tertiary/aromatic N) is 3. The van der Waals surface area contributed by atoms with Crippen LogP contribution in [0, 0.1) is 29.9 Å². The minimum atomic E-state index is -0.528. The van der Waals surface area contributed by atoms with Gasteiger partial charge in [-0.1, -0.05) is 18.2 Å². The van der Waals surface area contributed by atoms with Crippen molar-refractivity contribution in [3.63, 3.8) is 0 Å². The highest BCUT2D eigenvalue weighted by Gasteiger charge is 2.32. The Hall–Kier alpha value is -3.29. The van der Waals surface area contributed by atoms with Crippen molar-refractivity contribution >= 4 is 23.3 Å². The lowest BCUT2D eigenvalue weighted by molar-refractivity contribution is -0.385. The topological polar surface area (TPSA) is 105 Å². The zero-order valence-corrected chi connectivity index (χ0v) is 15.8. The number of pyridine rings is 1. The van der Waals surface area contributed by atoms with Gasteiger partial charge in [0.25, 0.3) is 11.6 Å². The fourth-order valence-corrected chi connectivity index (χ4v) is 3.46. The van der Waals surface area contributed by atoms with Crippen LogP contribution in [0.15, 0.2) is 36.4 Å². The van der Waals surface area contributed by atoms with Crippen molar-refractivity contribution in [1.29, 1.82) is 0 Å². The Morgan fingerprint density at radius 2 is 1.96 bits per heavy atom. The highest BCUT2D eigenvalue weighted by atomic mass is 16.6. The summed E-state index contributed by atoms with van der Waals surface area (Å²) in [6.07, 6.45) is 1.31. The van der Waals surface area contributed by atoms with Crippen LogP contribution in [-0.2, 0) is 4.79 Å². The largest absolute Gasteiger partial charge is 0.338 e. The first-order valence-electron chi connectivity index (χ1n) is 9.14. The van der Waals surface area contributed by atoms with Gasteiger partial charge in [-0.3, -0.25) is 19.7 Å². The summed E-state index contributed by atoms with van der Waals surface area (Å²) in [7, 11) is 0. The molecule has 8 heteroatoms. The second-order valence-corrected chi connectivity index (χ2v) is 6.97. The number of nitro benzene ring substituents is 1. The number of carbonyl (C=O) groups is 2. The van der Waals surface area contributed by atoms with Gasteiger partial charge in [-0.2, -0.15) is 0 Å². The van der Waals surface area contributed by atoms with Crippen LogP contribution in [0.4, 0.5) is 11.5 Å². The van der Waals surface area contributed by atoms with Crippen molar-refractivity contribution in [3.05, 3.63) is 63.3 Å². The number of nitrogens with one attached hydrogen (secondary N) is 1. The Kier molecular flexibility index (Phi) is 5.67. The summed E-state index contributed by atoms with van der Waals surface area (Å²) in [5, 5.41) is 14.2. The number of hydrogen-bond acceptors (Lipinski definition) is 5. The van der Waals surface area contributed by atoms with Crippen LogP contribution in [0.5, 0.6) is 0 Å². The van der Waals surface area contributed by atoms with Gasteiger partial charge in [0.1, 0.15) is 11.4 Å². The molecule has 1 aromatic heterocycles. The number of amides is 2. The molecule has 1 aromatic carbocycles. The summed E-state index contributed by atoms with van der Waals surface area (Å²) in [4.78, 5) is 42.2. The molecule has 2 amide bonds. The minimum absolute atomic E-state index is 0.0615. The molecule has 1 atom stereocenters. The Labute approximate surface area is 162 Å². The third kappa shape index (κ3) is 4.16. The first-order chi connectivity index (χ1) is 13.4. The molecule has 2 aromatic rings. The zero-order chi connectivity index (χ0) is 20.3. The highest BCUT2D eigenvalue weighted by Crippen LogP contribution is 2.27. The van der Waals surface area contributed by atoms with Gasteiger partial charge in [0, 0.05) is 24.3 Å². The standard InChI is InChI=1S/C20H22N4O4/c1-13-6-3-9-16(18(13)24(27)28)20(26)23-11-5-8-15(12-23)19(25)22-17-10-4-7-14(2)21-17/h3-4,6-7,9-10,15H,5,8,11-12H2,1-2H3,(H,21,22,25). The fourth-order valence-electron chi connectivity index (χ4n) is 3.46. The predicted octanol–water partition coefficient (Wildman–Crippen LogP) is 3.10. The van der Waals surface area contributed by atoms with Gasteiger partial charge < -0.3 is 10.2 Å². The number of nitro groups is 1. The van der Waals surface area contributed by atoms with Crippen molar-refractivity contribution in [2.45, 2.75) is 26.7 Å². The SMILES string of the molecule is Cc1cccc(NC(=O)C2CCCN(C(=O)c3cccc(C)c3[N+](=O)[O-])C2)n1. The number of piperidine rings is 1. The van der Waals surface area contributed by atoms with E-state index in [1.165, 1.54) is 11.0 Å². The normalized spacial score (nSPS) is 16.5. The quantitative estimate of drug-likeness (QED) is 0.646. The molecule has 1 N–H and O–H groups in total. The molecule has 1 unspecified atom stereocenters. The molecular weight excluding hydrogens is 360 g/mol. The Morgan fingerprint density at radius 3 is 2.68 bits per heavy atom. The number of para-hydroxylation sites is 1. The van der Waals surface area contributed by atoms with Gasteiger partial charge in [-0.15, -0.1) is 0 Å². The van der Waals surface area contributed by atoms with Gasteiger partial charge in [0.05, 0.1) is 10.8 Å². The molecule has 2 heterocycles. The van der Waals surface area contributed by atoms with Crippen molar-refractivity contribution in [2.75, 3.05) is 18.4 Å². The third-order valence-corrected chi connectivity index (χ3v) is 4.87. The average Bonchev–Trinajstić information content (AvgIpc) is 2.67. The van der Waals surface area contributed by atoms with E-state index in [2.05, 4.69) is 10.3 Å². The van der Waals surface area contributed by atoms with Gasteiger partial charge in [0.15, 0.2) is 0 Å². The number of aryl methyl sites for hydroxylation is 2. The molecule has 1 aliphatic rings. The van der Waals surface area contributed by atoms with E-state index in [9.17, 15) is 19.7 Å². The van der Waals surface area contributed by atoms with Crippen LogP contribution in [0.2, 0.25) is 0 Å². The summed E-state index contributed by atoms with van der Waals surface area (Å²) in [6, 6.07) is 10.1. The number of benzene rings is 1. The summed E-state index contributed by atoms with van der Waals surface area (Å²) < 4.78 is 0. The van der Waals surface area contributed by atoms with E-state index < -0.39 is 10.8 Å². The van der Waals surface area contributed by atoms with Gasteiger partial charge >= 0.3 is 0 Å². The highest BCUT2D eigenvalue weighted by molar-refractivity contribution is 5.99. The second-order valence-electron chi connectivity index (χ2n) is 6.97. The van der Waals surface area contributed by atoms with Crippen molar-refractivity contribution in [3.8, 4) is 0 Å². The maximum Gasteiger partial charge on any atom is 0.285 e. The van der Waals surface area contributed by atoms with E-state index in [0.29, 0.717) is 30.8 Å². The van der Waals surface area contributed by atoms with E-state index in [1.807, 2.05) is 19.1 Å². The van der Waals surface area contributed by atoms with Crippen LogP contribution in [0.1, 0.15) is 34.5 Å². The van der Waals surface area contributed by atoms with E-state index in [-0.39, 0.29) is 29.6 Å². The van der Waals surface area contributed by atoms with E-state index >= 15 is 0 Å². The molecule has 28 heavy (non-hydrogen) atoms. The van der Waals surface area contributed by atoms with Crippen molar-refractivity contribution in [2.24, 2.45) is 5.92 Å². The monoisotopic (exact) mass is 382 g/mol. The molecule has 8 nitrogen and oxygen atoms in total. The fraction of sp³-hybridized carbons (Fsp3) is 0.350. The summed E-state index contributed by atoms with van der Waals surface area (Å²) in [5.74, 6) is -0.525. The predicted molar refractivity (Wildman–Crippen MR) is 104 cm³/mol. The smallest absolute Gasteiger partial charge is 0.285 e. The number of rotatable bonds is 4. The summed E-state index contributed by atoms with van der Waals surface area (Å²) in [6.45, 7) is 4.14. The third-order valence-electron chi connectivity index (χ3n) is 4.87. The minimum Gasteiger partial charge on any atom is -0.338 e. The zero-order valence-electron chi connectivity index (χ0n) is 15.8. The Bertz CT molecular complexity index is 928. The lowest BCUT2D eigenvalue weighted by atomic mass is 9.96. The van der Waals surface area contributed by atoms with Crippen molar-refractivity contribution in [1.82, 2.24) is 9.88 Å². The number of hydrogen-bond donors (Lipinski definition) is 1. The van der Waals surface area contributed by atoms with Gasteiger partial charge in [-0.25, -0.2) is 4.98 Å². The van der Waals surface area contributed by atoms with E-state index in [1.54, 1.807) is 25.1 Å². The van der Waals surface area contributed by atoms with Crippen LogP contribution < -0.4 is 5.32 Å². The van der Waals surface area contributed by atoms with Gasteiger partial charge in [-0.05, 0) is 44.9 Å². The number of aromatic nitrogens is 1. The molecule has 0 aliphatic carbocycles. The lowest BCUT2D eigenvalue weighted by Gasteiger charge is -2.32. The molecule has 1 fully saturated rings. The second kappa shape index (κ2) is 8.16. The van der Waals surface area contributed by atoms with Crippen LogP contribution in [0.25, 0.3) is 0 Å². The summed E-state index contributed by atoms with van der Waals surface area (Å²) >= 11 is 0. The molecule has 1 aliphatic heterocycles. The first-order valence-corrected chi connectivity index (χ1v) is 9.14. The molecule has 0 radical (unpaired) electrons. The Balaban J connectivity index is 1.74. The number of anilines is 1. The van der Waals surface area contributed by atoms with Crippen LogP contribution in [0.3, 0.4) is 0 Å². The number of likely N-dealkylation sites (tertiary alicyclic amines) is 1. The molecule has 146 valence electrons. The molecular formula is C20H22N4O4. The Morgan fingerprint density at radius 1 is 1.21 bits per heavy atom. The first kappa shape index (κ1) is 19.5. The lowest BCUT2D eigenvalue weighted by Crippen LogP contribution is -2.44. The molecule has 3 rings (SSSR count). The van der Waals surface area contributed by atoms with E-state index in [0.717, 1.165) is 5.69 Å². The molecule has 0 bridgehead atoms. The molecule has 1 saturated heterocycles. The number of carbonyl (C=O) groups excluding carboxylic acids is 2. The van der Waals surface area contributed by atoms with Gasteiger partial charge in [0.2, 0.25) is 5.91 Å². The van der Waals surface area contributed by atoms with Crippen molar-refractivity contribution < 1.29 is 14.5 Å². The van der Waals surface area contributed by atoms with Crippen LogP contribution in [-0.4, -0.2) is 39.7 Å². The molecule has 0 spiro atoms. The molecule has 0 saturated carbocycles. The van der Waals surface area contributed by atoms with Crippen LogP contribution >= 0.6 is 0 Å². The van der Waals surface area contributed by atoms with E-state index in [4.69, 9.17) is 0 Å². The average molecular weight is 382 g/mol. The summed E-state index contributed by atoms with van der Waals surface area (Å²) in [5.41, 5.74) is 1.12.